The second kappa shape index (κ2) is 16.7. The summed E-state index contributed by atoms with van der Waals surface area (Å²) in [6.45, 7) is 7.94. The number of carboxylic acids is 1. The summed E-state index contributed by atoms with van der Waals surface area (Å²) >= 11 is 0. The van der Waals surface area contributed by atoms with Gasteiger partial charge in [-0.05, 0) is 68.3 Å². The van der Waals surface area contributed by atoms with Crippen LogP contribution in [0.2, 0.25) is 0 Å². The molecule has 2 aromatic rings. The summed E-state index contributed by atoms with van der Waals surface area (Å²) in [4.78, 5) is 10.7. The molecule has 32 heavy (non-hydrogen) atoms. The van der Waals surface area contributed by atoms with Crippen molar-refractivity contribution in [2.45, 2.75) is 45.4 Å². The number of nitrogens with two attached hydrogens (primary N) is 1. The zero-order chi connectivity index (χ0) is 23.6. The van der Waals surface area contributed by atoms with Crippen molar-refractivity contribution in [3.63, 3.8) is 0 Å². The van der Waals surface area contributed by atoms with Gasteiger partial charge in [0.15, 0.2) is 0 Å². The maximum Gasteiger partial charge on any atom is 0.335 e. The largest absolute Gasteiger partial charge is 0.497 e. The van der Waals surface area contributed by atoms with Crippen molar-refractivity contribution in [2.75, 3.05) is 32.7 Å². The molecule has 0 fully saturated rings. The number of rotatable bonds is 14. The first-order chi connectivity index (χ1) is 15.4. The SMILES string of the molecule is C=C(C)COCCCCCCCCOc1ccc(C(=O)O)cc1.COc1ccc(N)cc1. The van der Waals surface area contributed by atoms with Crippen LogP contribution < -0.4 is 15.2 Å². The lowest BCUT2D eigenvalue weighted by Crippen LogP contribution is -1.99. The molecular weight excluding hydrogens is 406 g/mol. The first kappa shape index (κ1) is 27.0. The molecule has 0 bridgehead atoms. The molecule has 0 aliphatic heterocycles. The molecule has 2 rings (SSSR count). The maximum atomic E-state index is 10.7. The number of hydrogen-bond acceptors (Lipinski definition) is 5. The van der Waals surface area contributed by atoms with Gasteiger partial charge in [0.1, 0.15) is 11.5 Å². The molecule has 3 N–H and O–H groups in total. The van der Waals surface area contributed by atoms with Gasteiger partial charge in [-0.15, -0.1) is 0 Å². The fourth-order valence-corrected chi connectivity index (χ4v) is 2.75. The Balaban J connectivity index is 0.000000471. The zero-order valence-electron chi connectivity index (χ0n) is 19.3. The lowest BCUT2D eigenvalue weighted by Gasteiger charge is -2.06. The summed E-state index contributed by atoms with van der Waals surface area (Å²) in [5, 5.41) is 8.81. The van der Waals surface area contributed by atoms with Crippen LogP contribution in [0.3, 0.4) is 0 Å². The second-order valence-electron chi connectivity index (χ2n) is 7.58. The molecule has 0 aliphatic carbocycles. The average molecular weight is 444 g/mol. The van der Waals surface area contributed by atoms with E-state index in [2.05, 4.69) is 6.58 Å². The van der Waals surface area contributed by atoms with Gasteiger partial charge in [-0.25, -0.2) is 4.79 Å². The summed E-state index contributed by atoms with van der Waals surface area (Å²) in [5.74, 6) is 0.649. The molecule has 6 heteroatoms. The highest BCUT2D eigenvalue weighted by Crippen LogP contribution is 2.14. The van der Waals surface area contributed by atoms with Gasteiger partial charge in [-0.3, -0.25) is 0 Å². The Morgan fingerprint density at radius 2 is 1.41 bits per heavy atom. The van der Waals surface area contributed by atoms with E-state index in [-0.39, 0.29) is 5.56 Å². The predicted octanol–water partition coefficient (Wildman–Crippen LogP) is 5.97. The van der Waals surface area contributed by atoms with Gasteiger partial charge in [0.05, 0.1) is 25.9 Å². The Bertz CT molecular complexity index is 772. The third-order valence-corrected chi connectivity index (χ3v) is 4.52. The predicted molar refractivity (Wildman–Crippen MR) is 130 cm³/mol. The van der Waals surface area contributed by atoms with E-state index in [1.54, 1.807) is 43.5 Å². The van der Waals surface area contributed by atoms with E-state index < -0.39 is 5.97 Å². The highest BCUT2D eigenvalue weighted by Gasteiger charge is 2.02. The fourth-order valence-electron chi connectivity index (χ4n) is 2.75. The molecule has 0 amide bonds. The quantitative estimate of drug-likeness (QED) is 0.212. The van der Waals surface area contributed by atoms with Gasteiger partial charge >= 0.3 is 5.97 Å². The molecule has 0 aliphatic rings. The number of carboxylic acid groups (broad SMARTS) is 1. The number of carbonyl (C=O) groups is 1. The minimum absolute atomic E-state index is 0.282. The fraction of sp³-hybridized carbons (Fsp3) is 0.423. The molecule has 0 aromatic heterocycles. The van der Waals surface area contributed by atoms with E-state index in [1.165, 1.54) is 19.3 Å². The number of hydrogen-bond donors (Lipinski definition) is 2. The normalized spacial score (nSPS) is 10.1. The molecule has 0 atom stereocenters. The Morgan fingerprint density at radius 3 is 1.94 bits per heavy atom. The summed E-state index contributed by atoms with van der Waals surface area (Å²) in [6, 6.07) is 13.8. The summed E-state index contributed by atoms with van der Waals surface area (Å²) in [7, 11) is 1.63. The van der Waals surface area contributed by atoms with E-state index in [0.29, 0.717) is 13.2 Å². The summed E-state index contributed by atoms with van der Waals surface area (Å²) in [5.41, 5.74) is 7.54. The van der Waals surface area contributed by atoms with Crippen molar-refractivity contribution in [3.05, 3.63) is 66.2 Å². The molecule has 0 saturated carbocycles. The van der Waals surface area contributed by atoms with Crippen LogP contribution >= 0.6 is 0 Å². The first-order valence-electron chi connectivity index (χ1n) is 11.0. The van der Waals surface area contributed by atoms with E-state index in [1.807, 2.05) is 19.1 Å². The van der Waals surface area contributed by atoms with Crippen molar-refractivity contribution >= 4 is 11.7 Å². The first-order valence-corrected chi connectivity index (χ1v) is 11.0. The van der Waals surface area contributed by atoms with Crippen LogP contribution in [0.1, 0.15) is 55.8 Å². The summed E-state index contributed by atoms with van der Waals surface area (Å²) < 4.78 is 16.0. The minimum Gasteiger partial charge on any atom is -0.497 e. The molecule has 176 valence electrons. The van der Waals surface area contributed by atoms with Crippen LogP contribution in [0.25, 0.3) is 0 Å². The van der Waals surface area contributed by atoms with Gasteiger partial charge in [0, 0.05) is 12.3 Å². The van der Waals surface area contributed by atoms with Crippen molar-refractivity contribution in [1.82, 2.24) is 0 Å². The number of aromatic carboxylic acids is 1. The van der Waals surface area contributed by atoms with Crippen LogP contribution in [0, 0.1) is 0 Å². The molecule has 2 aromatic carbocycles. The van der Waals surface area contributed by atoms with Gasteiger partial charge in [0.25, 0.3) is 0 Å². The average Bonchev–Trinajstić information content (AvgIpc) is 2.78. The van der Waals surface area contributed by atoms with Gasteiger partial charge in [-0.1, -0.05) is 37.8 Å². The van der Waals surface area contributed by atoms with Crippen molar-refractivity contribution < 1.29 is 24.1 Å². The van der Waals surface area contributed by atoms with Crippen molar-refractivity contribution in [1.29, 1.82) is 0 Å². The van der Waals surface area contributed by atoms with E-state index in [0.717, 1.165) is 48.6 Å². The summed E-state index contributed by atoms with van der Waals surface area (Å²) in [6.07, 6.45) is 6.92. The zero-order valence-corrected chi connectivity index (χ0v) is 19.3. The van der Waals surface area contributed by atoms with Crippen LogP contribution in [0.15, 0.2) is 60.7 Å². The highest BCUT2D eigenvalue weighted by molar-refractivity contribution is 5.87. The lowest BCUT2D eigenvalue weighted by molar-refractivity contribution is 0.0697. The minimum atomic E-state index is -0.915. The number of ether oxygens (including phenoxy) is 3. The monoisotopic (exact) mass is 443 g/mol. The number of methoxy groups -OCH3 is 1. The lowest BCUT2D eigenvalue weighted by atomic mass is 10.1. The van der Waals surface area contributed by atoms with E-state index >= 15 is 0 Å². The third kappa shape index (κ3) is 13.3. The Kier molecular flexibility index (Phi) is 14.1. The van der Waals surface area contributed by atoms with E-state index in [4.69, 9.17) is 25.1 Å². The Hall–Kier alpha value is -2.99. The number of anilines is 1. The molecular formula is C26H37NO5. The van der Waals surface area contributed by atoms with Gasteiger partial charge < -0.3 is 25.1 Å². The Labute approximate surface area is 192 Å². The van der Waals surface area contributed by atoms with Crippen LogP contribution in [0.5, 0.6) is 11.5 Å². The second-order valence-corrected chi connectivity index (χ2v) is 7.58. The number of nitrogen functional groups attached to an aromatic ring is 1. The van der Waals surface area contributed by atoms with Crippen LogP contribution in [-0.2, 0) is 4.74 Å². The number of unbranched alkanes of at least 4 members (excludes halogenated alkanes) is 5. The van der Waals surface area contributed by atoms with Crippen molar-refractivity contribution in [2.24, 2.45) is 0 Å². The molecule has 0 unspecified atom stereocenters. The van der Waals surface area contributed by atoms with Crippen LogP contribution in [0.4, 0.5) is 5.69 Å². The molecule has 0 saturated heterocycles. The van der Waals surface area contributed by atoms with Gasteiger partial charge in [-0.2, -0.15) is 0 Å². The van der Waals surface area contributed by atoms with Crippen molar-refractivity contribution in [3.8, 4) is 11.5 Å². The highest BCUT2D eigenvalue weighted by atomic mass is 16.5. The topological polar surface area (TPSA) is 91.0 Å². The van der Waals surface area contributed by atoms with Crippen LogP contribution in [-0.4, -0.2) is 38.0 Å². The van der Waals surface area contributed by atoms with Gasteiger partial charge in [0.2, 0.25) is 0 Å². The molecule has 0 spiro atoms. The molecule has 0 heterocycles. The third-order valence-electron chi connectivity index (χ3n) is 4.52. The smallest absolute Gasteiger partial charge is 0.335 e. The van der Waals surface area contributed by atoms with E-state index in [9.17, 15) is 4.79 Å². The maximum absolute atomic E-state index is 10.7. The Morgan fingerprint density at radius 1 is 0.875 bits per heavy atom. The number of benzene rings is 2. The standard InChI is InChI=1S/C19H28O4.C7H9NO/c1-16(2)15-22-13-7-5-3-4-6-8-14-23-18-11-9-17(10-12-18)19(20)21;1-9-7-4-2-6(8)3-5-7/h9-12H,1,3-8,13-15H2,2H3,(H,20,21);2-5H,8H2,1H3. The molecule has 0 radical (unpaired) electrons. The molecule has 6 nitrogen and oxygen atoms in total.